The van der Waals surface area contributed by atoms with Crippen molar-refractivity contribution < 1.29 is 4.74 Å². The normalized spacial score (nSPS) is 18.6. The Bertz CT molecular complexity index is 425. The van der Waals surface area contributed by atoms with Gasteiger partial charge in [0.25, 0.3) is 0 Å². The van der Waals surface area contributed by atoms with Crippen LogP contribution in [-0.2, 0) is 6.54 Å². The Hall–Kier alpha value is -1.06. The first-order chi connectivity index (χ1) is 10.2. The van der Waals surface area contributed by atoms with Gasteiger partial charge in [-0.25, -0.2) is 0 Å². The zero-order valence-corrected chi connectivity index (χ0v) is 13.6. The van der Waals surface area contributed by atoms with E-state index in [9.17, 15) is 0 Å². The molecule has 0 aromatic heterocycles. The second-order valence-electron chi connectivity index (χ2n) is 6.52. The van der Waals surface area contributed by atoms with Crippen molar-refractivity contribution in [3.8, 4) is 5.75 Å². The van der Waals surface area contributed by atoms with E-state index in [4.69, 9.17) is 10.5 Å². The van der Waals surface area contributed by atoms with Gasteiger partial charge in [-0.15, -0.1) is 0 Å². The van der Waals surface area contributed by atoms with Crippen LogP contribution in [0, 0.1) is 5.41 Å². The zero-order valence-electron chi connectivity index (χ0n) is 13.6. The van der Waals surface area contributed by atoms with Crippen LogP contribution in [0.25, 0.3) is 0 Å². The van der Waals surface area contributed by atoms with Crippen LogP contribution in [0.4, 0.5) is 0 Å². The number of nitrogens with two attached hydrogens (primary N) is 1. The number of likely N-dealkylation sites (tertiary alicyclic amines) is 1. The smallest absolute Gasteiger partial charge is 0.123 e. The lowest BCUT2D eigenvalue weighted by molar-refractivity contribution is 0.109. The third kappa shape index (κ3) is 4.72. The predicted molar refractivity (Wildman–Crippen MR) is 88.5 cm³/mol. The molecule has 1 heterocycles. The van der Waals surface area contributed by atoms with Crippen molar-refractivity contribution in [2.45, 2.75) is 46.1 Å². The van der Waals surface area contributed by atoms with Gasteiger partial charge in [0.1, 0.15) is 5.75 Å². The highest BCUT2D eigenvalue weighted by molar-refractivity contribution is 5.32. The van der Waals surface area contributed by atoms with E-state index in [1.165, 1.54) is 32.4 Å². The van der Waals surface area contributed by atoms with Crippen LogP contribution in [0.1, 0.15) is 45.1 Å². The summed E-state index contributed by atoms with van der Waals surface area (Å²) in [5, 5.41) is 0. The van der Waals surface area contributed by atoms with E-state index in [1.807, 2.05) is 24.3 Å². The molecule has 0 amide bonds. The van der Waals surface area contributed by atoms with E-state index < -0.39 is 0 Å². The Balaban J connectivity index is 1.67. The summed E-state index contributed by atoms with van der Waals surface area (Å²) in [7, 11) is 0. The highest BCUT2D eigenvalue weighted by atomic mass is 16.5. The Labute approximate surface area is 129 Å². The van der Waals surface area contributed by atoms with Crippen molar-refractivity contribution in [1.82, 2.24) is 4.90 Å². The van der Waals surface area contributed by atoms with E-state index in [-0.39, 0.29) is 0 Å². The van der Waals surface area contributed by atoms with Crippen LogP contribution in [0.2, 0.25) is 0 Å². The molecule has 2 N–H and O–H groups in total. The molecule has 21 heavy (non-hydrogen) atoms. The molecule has 1 aliphatic heterocycles. The molecule has 0 saturated carbocycles. The molecule has 1 aliphatic rings. The second kappa shape index (κ2) is 7.81. The quantitative estimate of drug-likeness (QED) is 0.782. The minimum Gasteiger partial charge on any atom is -0.493 e. The van der Waals surface area contributed by atoms with Crippen molar-refractivity contribution in [3.05, 3.63) is 29.8 Å². The van der Waals surface area contributed by atoms with Gasteiger partial charge in [0.15, 0.2) is 0 Å². The van der Waals surface area contributed by atoms with Crippen LogP contribution in [0.15, 0.2) is 24.3 Å². The maximum atomic E-state index is 5.87. The molecule has 1 aromatic rings. The lowest BCUT2D eigenvalue weighted by Crippen LogP contribution is -2.39. The number of ether oxygens (including phenoxy) is 1. The number of rotatable bonds is 7. The summed E-state index contributed by atoms with van der Waals surface area (Å²) in [6.45, 7) is 9.68. The minimum absolute atomic E-state index is 0.540. The van der Waals surface area contributed by atoms with Crippen molar-refractivity contribution >= 4 is 0 Å². The van der Waals surface area contributed by atoms with Crippen molar-refractivity contribution in [2.24, 2.45) is 11.1 Å². The summed E-state index contributed by atoms with van der Waals surface area (Å²) in [5.74, 6) is 0.942. The van der Waals surface area contributed by atoms with E-state index in [0.29, 0.717) is 12.0 Å². The molecule has 1 aromatic carbocycles. The topological polar surface area (TPSA) is 38.5 Å². The van der Waals surface area contributed by atoms with Gasteiger partial charge in [-0.1, -0.05) is 38.5 Å². The number of nitrogens with zero attached hydrogens (tertiary/aromatic N) is 1. The van der Waals surface area contributed by atoms with Crippen molar-refractivity contribution in [1.29, 1.82) is 0 Å². The average molecular weight is 290 g/mol. The molecular weight excluding hydrogens is 260 g/mol. The van der Waals surface area contributed by atoms with Crippen LogP contribution in [0.3, 0.4) is 0 Å². The molecule has 3 heteroatoms. The fraction of sp³-hybridized carbons (Fsp3) is 0.667. The molecule has 0 bridgehead atoms. The Morgan fingerprint density at radius 2 is 1.95 bits per heavy atom. The first kappa shape index (κ1) is 16.3. The summed E-state index contributed by atoms with van der Waals surface area (Å²) in [5.41, 5.74) is 7.39. The minimum atomic E-state index is 0.540. The maximum Gasteiger partial charge on any atom is 0.123 e. The highest BCUT2D eigenvalue weighted by Crippen LogP contribution is 2.33. The predicted octanol–water partition coefficient (Wildman–Crippen LogP) is 3.43. The first-order valence-electron chi connectivity index (χ1n) is 8.30. The molecule has 1 saturated heterocycles. The van der Waals surface area contributed by atoms with Gasteiger partial charge >= 0.3 is 0 Å². The second-order valence-corrected chi connectivity index (χ2v) is 6.52. The van der Waals surface area contributed by atoms with Crippen molar-refractivity contribution in [2.75, 3.05) is 26.2 Å². The monoisotopic (exact) mass is 290 g/mol. The van der Waals surface area contributed by atoms with E-state index in [0.717, 1.165) is 30.9 Å². The van der Waals surface area contributed by atoms with Gasteiger partial charge in [-0.2, -0.15) is 0 Å². The fourth-order valence-electron chi connectivity index (χ4n) is 2.95. The molecule has 2 rings (SSSR count). The molecule has 0 atom stereocenters. The van der Waals surface area contributed by atoms with Crippen LogP contribution < -0.4 is 10.5 Å². The number of benzene rings is 1. The van der Waals surface area contributed by atoms with Gasteiger partial charge in [-0.05, 0) is 43.8 Å². The first-order valence-corrected chi connectivity index (χ1v) is 8.30. The third-order valence-corrected chi connectivity index (χ3v) is 4.99. The average Bonchev–Trinajstić information content (AvgIpc) is 2.54. The number of piperidine rings is 1. The molecule has 0 unspecified atom stereocenters. The molecule has 0 radical (unpaired) electrons. The lowest BCUT2D eigenvalue weighted by atomic mass is 9.78. The molecule has 1 fully saturated rings. The van der Waals surface area contributed by atoms with Gasteiger partial charge < -0.3 is 15.4 Å². The summed E-state index contributed by atoms with van der Waals surface area (Å²) >= 11 is 0. The molecule has 0 aliphatic carbocycles. The van der Waals surface area contributed by atoms with Crippen molar-refractivity contribution in [3.63, 3.8) is 0 Å². The van der Waals surface area contributed by atoms with E-state index in [1.54, 1.807) is 0 Å². The summed E-state index contributed by atoms with van der Waals surface area (Å²) in [6.07, 6.45) is 5.06. The van der Waals surface area contributed by atoms with Crippen LogP contribution in [0.5, 0.6) is 5.75 Å². The number of hydrogen-bond acceptors (Lipinski definition) is 3. The standard InChI is InChI=1S/C18H30N2O/c1-3-18(2)9-12-20(13-10-18)11-6-14-21-17-8-5-4-7-16(17)15-19/h4-5,7-8H,3,6,9-15,19H2,1-2H3. The summed E-state index contributed by atoms with van der Waals surface area (Å²) < 4.78 is 5.87. The Morgan fingerprint density at radius 3 is 2.62 bits per heavy atom. The van der Waals surface area contributed by atoms with Gasteiger partial charge in [-0.3, -0.25) is 0 Å². The highest BCUT2D eigenvalue weighted by Gasteiger charge is 2.27. The summed E-state index contributed by atoms with van der Waals surface area (Å²) in [6, 6.07) is 8.06. The van der Waals surface area contributed by atoms with Crippen LogP contribution >= 0.6 is 0 Å². The largest absolute Gasteiger partial charge is 0.493 e. The fourth-order valence-corrected chi connectivity index (χ4v) is 2.95. The molecular formula is C18H30N2O. The maximum absolute atomic E-state index is 5.87. The molecule has 3 nitrogen and oxygen atoms in total. The van der Waals surface area contributed by atoms with Gasteiger partial charge in [0.05, 0.1) is 6.61 Å². The van der Waals surface area contributed by atoms with Crippen LogP contribution in [-0.4, -0.2) is 31.1 Å². The third-order valence-electron chi connectivity index (χ3n) is 4.99. The SMILES string of the molecule is CCC1(C)CCN(CCCOc2ccccc2CN)CC1. The van der Waals surface area contributed by atoms with E-state index in [2.05, 4.69) is 18.7 Å². The van der Waals surface area contributed by atoms with Gasteiger partial charge in [0.2, 0.25) is 0 Å². The lowest BCUT2D eigenvalue weighted by Gasteiger charge is -2.38. The Kier molecular flexibility index (Phi) is 6.07. The molecule has 118 valence electrons. The van der Waals surface area contributed by atoms with Gasteiger partial charge in [0, 0.05) is 18.7 Å². The Morgan fingerprint density at radius 1 is 1.24 bits per heavy atom. The zero-order chi connectivity index (χ0) is 15.1. The van der Waals surface area contributed by atoms with E-state index >= 15 is 0 Å². The summed E-state index contributed by atoms with van der Waals surface area (Å²) in [4.78, 5) is 2.58. The molecule has 0 spiro atoms. The number of hydrogen-bond donors (Lipinski definition) is 1. The number of para-hydroxylation sites is 1.